The Morgan fingerprint density at radius 3 is 2.49 bits per heavy atom. The van der Waals surface area contributed by atoms with Gasteiger partial charge in [0.15, 0.2) is 6.29 Å². The average Bonchev–Trinajstić information content (AvgIpc) is 2.97. The molecule has 3 aromatic rings. The maximum atomic E-state index is 13.9. The van der Waals surface area contributed by atoms with Crippen LogP contribution in [-0.4, -0.2) is 50.7 Å². The summed E-state index contributed by atoms with van der Waals surface area (Å²) in [7, 11) is 0. The quantitative estimate of drug-likeness (QED) is 0.259. The summed E-state index contributed by atoms with van der Waals surface area (Å²) < 4.78 is 51.0. The number of hydrogen-bond donors (Lipinski definition) is 0. The maximum Gasteiger partial charge on any atom is 0.199 e. The van der Waals surface area contributed by atoms with Crippen LogP contribution in [0.1, 0.15) is 49.0 Å². The molecule has 5 nitrogen and oxygen atoms in total. The van der Waals surface area contributed by atoms with Gasteiger partial charge >= 0.3 is 0 Å². The third kappa shape index (κ3) is 6.08. The van der Waals surface area contributed by atoms with E-state index in [0.29, 0.717) is 29.7 Å². The molecule has 2 unspecified atom stereocenters. The van der Waals surface area contributed by atoms with E-state index >= 15 is 0 Å². The minimum atomic E-state index is -0.440. The van der Waals surface area contributed by atoms with Crippen LogP contribution in [0, 0.1) is 11.7 Å². The number of halogens is 3. The third-order valence-electron chi connectivity index (χ3n) is 8.02. The van der Waals surface area contributed by atoms with Gasteiger partial charge < -0.3 is 18.9 Å². The fourth-order valence-electron chi connectivity index (χ4n) is 5.76. The molecule has 2 saturated heterocycles. The zero-order valence-electron chi connectivity index (χ0n) is 23.1. The van der Waals surface area contributed by atoms with Crippen LogP contribution in [-0.2, 0) is 4.74 Å². The highest BCUT2D eigenvalue weighted by Crippen LogP contribution is 2.51. The minimum Gasteiger partial charge on any atom is -0.492 e. The van der Waals surface area contributed by atoms with E-state index in [0.717, 1.165) is 72.5 Å². The molecule has 0 spiro atoms. The van der Waals surface area contributed by atoms with Crippen molar-refractivity contribution in [2.24, 2.45) is 5.92 Å². The van der Waals surface area contributed by atoms with Crippen molar-refractivity contribution in [1.82, 2.24) is 4.90 Å². The zero-order valence-corrected chi connectivity index (χ0v) is 23.8. The van der Waals surface area contributed by atoms with Crippen LogP contribution in [0.2, 0.25) is 5.02 Å². The molecule has 0 N–H and O–H groups in total. The lowest BCUT2D eigenvalue weighted by Crippen LogP contribution is -2.49. The van der Waals surface area contributed by atoms with Gasteiger partial charge in [0.1, 0.15) is 35.8 Å². The van der Waals surface area contributed by atoms with Gasteiger partial charge in [-0.15, -0.1) is 0 Å². The smallest absolute Gasteiger partial charge is 0.199 e. The average molecular weight is 582 g/mol. The zero-order chi connectivity index (χ0) is 28.3. The molecule has 216 valence electrons. The molecule has 3 heterocycles. The normalized spacial score (nSPS) is 21.2. The van der Waals surface area contributed by atoms with E-state index in [-0.39, 0.29) is 24.7 Å². The van der Waals surface area contributed by atoms with Crippen LogP contribution < -0.4 is 14.2 Å². The van der Waals surface area contributed by atoms with Gasteiger partial charge in [-0.05, 0) is 72.9 Å². The summed E-state index contributed by atoms with van der Waals surface area (Å²) in [5, 5.41) is 0.469. The minimum absolute atomic E-state index is 0.168. The summed E-state index contributed by atoms with van der Waals surface area (Å²) in [5.41, 5.74) is 4.38. The predicted octanol–water partition coefficient (Wildman–Crippen LogP) is 7.73. The molecule has 2 atom stereocenters. The molecule has 0 bridgehead atoms. The van der Waals surface area contributed by atoms with Crippen molar-refractivity contribution in [3.05, 3.63) is 88.2 Å². The van der Waals surface area contributed by atoms with Crippen LogP contribution in [0.5, 0.6) is 17.2 Å². The summed E-state index contributed by atoms with van der Waals surface area (Å²) in [6.07, 6.45) is 2.14. The third-order valence-corrected chi connectivity index (χ3v) is 8.39. The Balaban J connectivity index is 1.26. The van der Waals surface area contributed by atoms with Gasteiger partial charge in [-0.3, -0.25) is 9.29 Å². The maximum absolute atomic E-state index is 13.9. The summed E-state index contributed by atoms with van der Waals surface area (Å²) in [4.78, 5) is 2.19. The second-order valence-corrected chi connectivity index (χ2v) is 11.3. The van der Waals surface area contributed by atoms with E-state index in [2.05, 4.69) is 4.90 Å². The second-order valence-electron chi connectivity index (χ2n) is 10.9. The van der Waals surface area contributed by atoms with Crippen molar-refractivity contribution >= 4 is 22.7 Å². The van der Waals surface area contributed by atoms with Gasteiger partial charge in [-0.25, -0.2) is 4.39 Å². The number of allylic oxidation sites excluding steroid dienone is 1. The Kier molecular flexibility index (Phi) is 8.47. The Bertz CT molecular complexity index is 1380. The SMILES string of the molecule is CC1=C(c2ccc(F)cc2)C(c2ccc(OCCN3CC(CF)C3)cc2)Oc2ccc(OC3CCCCO3)c(Cl)c21. The number of nitrogens with zero attached hydrogens (tertiary/aromatic N) is 1. The molecule has 0 amide bonds. The van der Waals surface area contributed by atoms with Gasteiger partial charge in [-0.2, -0.15) is 0 Å². The van der Waals surface area contributed by atoms with Crippen LogP contribution >= 0.6 is 11.6 Å². The Morgan fingerprint density at radius 2 is 1.78 bits per heavy atom. The topological polar surface area (TPSA) is 40.2 Å². The molecule has 0 aliphatic carbocycles. The van der Waals surface area contributed by atoms with Crippen molar-refractivity contribution in [3.8, 4) is 17.2 Å². The second kappa shape index (κ2) is 12.4. The number of ether oxygens (including phenoxy) is 4. The number of benzene rings is 3. The van der Waals surface area contributed by atoms with Gasteiger partial charge in [0, 0.05) is 43.1 Å². The van der Waals surface area contributed by atoms with E-state index in [1.54, 1.807) is 12.1 Å². The first kappa shape index (κ1) is 28.0. The first-order valence-electron chi connectivity index (χ1n) is 14.3. The first-order valence-corrected chi connectivity index (χ1v) is 14.6. The van der Waals surface area contributed by atoms with Crippen LogP contribution in [0.15, 0.2) is 60.7 Å². The summed E-state index contributed by atoms with van der Waals surface area (Å²) in [6, 6.07) is 18.0. The molecule has 41 heavy (non-hydrogen) atoms. The highest BCUT2D eigenvalue weighted by Gasteiger charge is 2.32. The van der Waals surface area contributed by atoms with Gasteiger partial charge in [0.2, 0.25) is 0 Å². The lowest BCUT2D eigenvalue weighted by Gasteiger charge is -2.37. The van der Waals surface area contributed by atoms with Crippen molar-refractivity contribution in [2.75, 3.05) is 39.5 Å². The number of likely N-dealkylation sites (tertiary alicyclic amines) is 1. The monoisotopic (exact) mass is 581 g/mol. The van der Waals surface area contributed by atoms with E-state index in [1.807, 2.05) is 43.3 Å². The van der Waals surface area contributed by atoms with E-state index < -0.39 is 6.10 Å². The highest BCUT2D eigenvalue weighted by molar-refractivity contribution is 6.34. The fraction of sp³-hybridized carbons (Fsp3) is 0.394. The molecular formula is C33H34ClF2NO4. The fourth-order valence-corrected chi connectivity index (χ4v) is 6.10. The van der Waals surface area contributed by atoms with Crippen molar-refractivity contribution in [3.63, 3.8) is 0 Å². The summed E-state index contributed by atoms with van der Waals surface area (Å²) in [5.74, 6) is 1.83. The highest BCUT2D eigenvalue weighted by atomic mass is 35.5. The van der Waals surface area contributed by atoms with Crippen LogP contribution in [0.4, 0.5) is 8.78 Å². The molecular weight excluding hydrogens is 548 g/mol. The molecule has 6 rings (SSSR count). The van der Waals surface area contributed by atoms with Crippen LogP contribution in [0.25, 0.3) is 11.1 Å². The van der Waals surface area contributed by atoms with Gasteiger partial charge in [0.25, 0.3) is 0 Å². The van der Waals surface area contributed by atoms with Crippen molar-refractivity contribution < 1.29 is 27.7 Å². The predicted molar refractivity (Wildman–Crippen MR) is 156 cm³/mol. The van der Waals surface area contributed by atoms with Gasteiger partial charge in [-0.1, -0.05) is 35.9 Å². The molecule has 0 radical (unpaired) electrons. The van der Waals surface area contributed by atoms with Gasteiger partial charge in [0.05, 0.1) is 18.3 Å². The molecule has 2 fully saturated rings. The van der Waals surface area contributed by atoms with Crippen molar-refractivity contribution in [2.45, 2.75) is 38.6 Å². The lowest BCUT2D eigenvalue weighted by atomic mass is 9.86. The number of hydrogen-bond acceptors (Lipinski definition) is 5. The Morgan fingerprint density at radius 1 is 1.00 bits per heavy atom. The first-order chi connectivity index (χ1) is 20.0. The standard InChI is InChI=1S/C33H34ClF2NO4/c1-21-30(23-5-9-25(36)10-6-23)33(24-7-11-26(12-8-24)38-17-15-37-19-22(18-35)20-37)41-27-13-14-28(32(34)31(21)27)40-29-4-2-3-16-39-29/h5-14,22,29,33H,2-4,15-20H2,1H3. The number of alkyl halides is 1. The van der Waals surface area contributed by atoms with Crippen LogP contribution in [0.3, 0.4) is 0 Å². The molecule has 3 aliphatic rings. The molecule has 0 saturated carbocycles. The summed E-state index contributed by atoms with van der Waals surface area (Å²) in [6.45, 7) is 5.34. The molecule has 3 aliphatic heterocycles. The van der Waals surface area contributed by atoms with Crippen molar-refractivity contribution in [1.29, 1.82) is 0 Å². The largest absolute Gasteiger partial charge is 0.492 e. The number of rotatable bonds is 9. The van der Waals surface area contributed by atoms with E-state index in [1.165, 1.54) is 12.1 Å². The molecule has 8 heteroatoms. The molecule has 0 aromatic heterocycles. The summed E-state index contributed by atoms with van der Waals surface area (Å²) >= 11 is 6.94. The molecule has 3 aromatic carbocycles. The Labute approximate surface area is 244 Å². The van der Waals surface area contributed by atoms with E-state index in [4.69, 9.17) is 30.5 Å². The number of fused-ring (bicyclic) bond motifs is 1. The van der Waals surface area contributed by atoms with E-state index in [9.17, 15) is 8.78 Å². The lowest BCUT2D eigenvalue weighted by molar-refractivity contribution is -0.105. The Hall–Kier alpha value is -3.13.